The number of allylic oxidation sites excluding steroid dienone is 1. The van der Waals surface area contributed by atoms with Gasteiger partial charge in [0.2, 0.25) is 11.1 Å². The van der Waals surface area contributed by atoms with Crippen LogP contribution in [0.1, 0.15) is 36.6 Å². The van der Waals surface area contributed by atoms with Crippen LogP contribution in [0.25, 0.3) is 0 Å². The number of benzene rings is 4. The molecule has 9 nitrogen and oxygen atoms in total. The molecule has 1 aliphatic heterocycles. The maximum Gasteiger partial charge on any atom is 0.255 e. The largest absolute Gasteiger partial charge is 0.493 e. The number of halogens is 4. The molecule has 0 radical (unpaired) electrons. The number of carbonyl (C=O) groups excluding carboxylic acids is 1. The maximum atomic E-state index is 14.5. The molecule has 1 amide bonds. The topological polar surface area (TPSA) is 99.5 Å². The van der Waals surface area contributed by atoms with Crippen molar-refractivity contribution in [2.24, 2.45) is 0 Å². The van der Waals surface area contributed by atoms with Crippen LogP contribution in [-0.2, 0) is 17.2 Å². The van der Waals surface area contributed by atoms with E-state index in [4.69, 9.17) is 47.5 Å². The summed E-state index contributed by atoms with van der Waals surface area (Å²) >= 11 is 17.7. The Hall–Kier alpha value is -4.23. The van der Waals surface area contributed by atoms with Gasteiger partial charge >= 0.3 is 0 Å². The van der Waals surface area contributed by atoms with Crippen molar-refractivity contribution in [3.8, 4) is 17.2 Å². The zero-order valence-electron chi connectivity index (χ0n) is 27.1. The van der Waals surface area contributed by atoms with Gasteiger partial charge in [-0.2, -0.15) is 4.98 Å². The van der Waals surface area contributed by atoms with Crippen LogP contribution in [0.5, 0.6) is 17.2 Å². The van der Waals surface area contributed by atoms with Gasteiger partial charge in [0.05, 0.1) is 34.5 Å². The molecule has 0 fully saturated rings. The van der Waals surface area contributed by atoms with E-state index in [-0.39, 0.29) is 23.1 Å². The summed E-state index contributed by atoms with van der Waals surface area (Å²) in [4.78, 5) is 19.0. The zero-order chi connectivity index (χ0) is 35.4. The van der Waals surface area contributed by atoms with Gasteiger partial charge in [0.25, 0.3) is 5.91 Å². The highest BCUT2D eigenvalue weighted by atomic mass is 79.9. The number of amides is 1. The van der Waals surface area contributed by atoms with Gasteiger partial charge in [0, 0.05) is 22.0 Å². The molecule has 1 aliphatic rings. The van der Waals surface area contributed by atoms with Crippen molar-refractivity contribution in [1.29, 1.82) is 0 Å². The molecule has 2 N–H and O–H groups in total. The van der Waals surface area contributed by atoms with Crippen LogP contribution >= 0.6 is 50.9 Å². The standard InChI is InChI=1S/C36H31BrCl2FN5O4S/c1-4-48-29-15-8-7-14-28(29)42-34(46)31-20(2)41-35-43-36(50-19-21-10-5-6-11-25(21)38)44-45(35)32(31)22-16-24(37)33(30(17-22)47-3)49-18-23-26(39)12-9-13-27(23)40/h5-17,32H,4,18-19H2,1-3H3,(H,42,46)(H,41,43,44). The van der Waals surface area contributed by atoms with Crippen LogP contribution in [0.4, 0.5) is 16.0 Å². The third-order valence-corrected chi connectivity index (χ3v) is 10.0. The molecular formula is C36H31BrCl2FN5O4S. The number of ether oxygens (including phenoxy) is 3. The quantitative estimate of drug-likeness (QED) is 0.121. The molecule has 0 spiro atoms. The Balaban J connectivity index is 1.39. The molecule has 1 atom stereocenters. The van der Waals surface area contributed by atoms with Crippen LogP contribution in [0.15, 0.2) is 99.8 Å². The third kappa shape index (κ3) is 7.58. The van der Waals surface area contributed by atoms with Crippen LogP contribution in [0.3, 0.4) is 0 Å². The average molecular weight is 800 g/mol. The lowest BCUT2D eigenvalue weighted by Gasteiger charge is -2.29. The summed E-state index contributed by atoms with van der Waals surface area (Å²) < 4.78 is 34.3. The van der Waals surface area contributed by atoms with E-state index >= 15 is 0 Å². The lowest BCUT2D eigenvalue weighted by atomic mass is 9.94. The molecule has 50 heavy (non-hydrogen) atoms. The van der Waals surface area contributed by atoms with E-state index in [0.29, 0.717) is 72.7 Å². The molecule has 1 aromatic heterocycles. The SMILES string of the molecule is CCOc1ccccc1NC(=O)C1=C(C)Nc2nc(SCc3ccccc3Cl)nn2C1c1cc(Br)c(OCc2c(F)cccc2Cl)c(OC)c1. The van der Waals surface area contributed by atoms with E-state index < -0.39 is 11.9 Å². The minimum atomic E-state index is -0.757. The Labute approximate surface area is 311 Å². The van der Waals surface area contributed by atoms with Crippen LogP contribution in [0, 0.1) is 5.82 Å². The number of nitrogens with zero attached hydrogens (tertiary/aromatic N) is 3. The highest BCUT2D eigenvalue weighted by Gasteiger charge is 2.36. The monoisotopic (exact) mass is 797 g/mol. The van der Waals surface area contributed by atoms with Crippen molar-refractivity contribution in [2.45, 2.75) is 37.4 Å². The third-order valence-electron chi connectivity index (χ3n) is 7.82. The first-order chi connectivity index (χ1) is 24.2. The van der Waals surface area contributed by atoms with Gasteiger partial charge in [-0.3, -0.25) is 4.79 Å². The second-order valence-electron chi connectivity index (χ2n) is 11.0. The summed E-state index contributed by atoms with van der Waals surface area (Å²) in [5.41, 5.74) is 3.28. The fourth-order valence-electron chi connectivity index (χ4n) is 5.45. The number of anilines is 2. The molecular weight excluding hydrogens is 768 g/mol. The highest BCUT2D eigenvalue weighted by molar-refractivity contribution is 9.10. The predicted octanol–water partition coefficient (Wildman–Crippen LogP) is 9.69. The van der Waals surface area contributed by atoms with E-state index in [9.17, 15) is 9.18 Å². The Morgan fingerprint density at radius 1 is 1.04 bits per heavy atom. The second-order valence-corrected chi connectivity index (χ2v) is 13.6. The first-order valence-electron chi connectivity index (χ1n) is 15.4. The summed E-state index contributed by atoms with van der Waals surface area (Å²) in [5.74, 6) is 1.35. The van der Waals surface area contributed by atoms with Crippen molar-refractivity contribution in [1.82, 2.24) is 14.8 Å². The Kier molecular flexibility index (Phi) is 11.2. The van der Waals surface area contributed by atoms with Gasteiger partial charge in [-0.15, -0.1) is 5.10 Å². The number of fused-ring (bicyclic) bond motifs is 1. The van der Waals surface area contributed by atoms with E-state index in [2.05, 4.69) is 26.6 Å². The number of thioether (sulfide) groups is 1. The van der Waals surface area contributed by atoms with Crippen molar-refractivity contribution in [3.05, 3.63) is 127 Å². The molecule has 2 heterocycles. The molecule has 5 aromatic rings. The van der Waals surface area contributed by atoms with Gasteiger partial charge in [0.1, 0.15) is 24.2 Å². The molecule has 0 saturated carbocycles. The lowest BCUT2D eigenvalue weighted by Crippen LogP contribution is -2.31. The molecule has 1 unspecified atom stereocenters. The fraction of sp³-hybridized carbons (Fsp3) is 0.194. The lowest BCUT2D eigenvalue weighted by molar-refractivity contribution is -0.113. The van der Waals surface area contributed by atoms with E-state index in [1.54, 1.807) is 28.9 Å². The second kappa shape index (κ2) is 15.8. The van der Waals surface area contributed by atoms with Gasteiger partial charge < -0.3 is 24.8 Å². The van der Waals surface area contributed by atoms with Gasteiger partial charge in [-0.1, -0.05) is 71.4 Å². The number of nitrogens with one attached hydrogen (secondary N) is 2. The summed E-state index contributed by atoms with van der Waals surface area (Å²) in [6, 6.07) is 22.1. The smallest absolute Gasteiger partial charge is 0.255 e. The summed E-state index contributed by atoms with van der Waals surface area (Å²) in [7, 11) is 1.50. The predicted molar refractivity (Wildman–Crippen MR) is 198 cm³/mol. The van der Waals surface area contributed by atoms with Gasteiger partial charge in [-0.25, -0.2) is 9.07 Å². The number of para-hydroxylation sites is 2. The molecule has 6 rings (SSSR count). The number of aromatic nitrogens is 3. The number of methoxy groups -OCH3 is 1. The minimum Gasteiger partial charge on any atom is -0.493 e. The van der Waals surface area contributed by atoms with Crippen LogP contribution in [-0.4, -0.2) is 34.4 Å². The van der Waals surface area contributed by atoms with Gasteiger partial charge in [0.15, 0.2) is 11.5 Å². The molecule has 4 aromatic carbocycles. The molecule has 0 bridgehead atoms. The molecule has 258 valence electrons. The fourth-order valence-corrected chi connectivity index (χ4v) is 7.35. The Morgan fingerprint density at radius 3 is 2.56 bits per heavy atom. The summed E-state index contributed by atoms with van der Waals surface area (Å²) in [5, 5.41) is 12.5. The van der Waals surface area contributed by atoms with Crippen molar-refractivity contribution in [2.75, 3.05) is 24.4 Å². The number of carbonyl (C=O) groups is 1. The molecule has 0 aliphatic carbocycles. The van der Waals surface area contributed by atoms with Crippen molar-refractivity contribution >= 4 is 68.4 Å². The normalized spacial score (nSPS) is 13.8. The minimum absolute atomic E-state index is 0.141. The summed E-state index contributed by atoms with van der Waals surface area (Å²) in [6.45, 7) is 3.98. The van der Waals surface area contributed by atoms with Gasteiger partial charge in [-0.05, 0) is 83.4 Å². The molecule has 14 heteroatoms. The highest BCUT2D eigenvalue weighted by Crippen LogP contribution is 2.44. The molecule has 0 saturated heterocycles. The van der Waals surface area contributed by atoms with Crippen LogP contribution < -0.4 is 24.8 Å². The first kappa shape index (κ1) is 35.6. The van der Waals surface area contributed by atoms with E-state index in [1.807, 2.05) is 56.3 Å². The first-order valence-corrected chi connectivity index (χ1v) is 18.0. The number of rotatable bonds is 12. The Bertz CT molecular complexity index is 2080. The van der Waals surface area contributed by atoms with Crippen LogP contribution in [0.2, 0.25) is 10.0 Å². The zero-order valence-corrected chi connectivity index (χ0v) is 31.0. The van der Waals surface area contributed by atoms with E-state index in [0.717, 1.165) is 5.56 Å². The van der Waals surface area contributed by atoms with Crippen molar-refractivity contribution < 1.29 is 23.4 Å². The summed E-state index contributed by atoms with van der Waals surface area (Å²) in [6.07, 6.45) is 0. The van der Waals surface area contributed by atoms with E-state index in [1.165, 1.54) is 31.0 Å². The maximum absolute atomic E-state index is 14.5. The number of hydrogen-bond donors (Lipinski definition) is 2. The Morgan fingerprint density at radius 2 is 1.80 bits per heavy atom. The average Bonchev–Trinajstić information content (AvgIpc) is 3.50. The number of hydrogen-bond acceptors (Lipinski definition) is 8. The van der Waals surface area contributed by atoms with Crippen molar-refractivity contribution in [3.63, 3.8) is 0 Å².